The van der Waals surface area contributed by atoms with Crippen molar-refractivity contribution in [1.82, 2.24) is 0 Å². The van der Waals surface area contributed by atoms with E-state index in [0.29, 0.717) is 0 Å². The highest BCUT2D eigenvalue weighted by Gasteiger charge is 2.20. The second kappa shape index (κ2) is 6.20. The van der Waals surface area contributed by atoms with Gasteiger partial charge in [-0.2, -0.15) is 0 Å². The predicted molar refractivity (Wildman–Crippen MR) is 60.8 cm³/mol. The fraction of sp³-hybridized carbons (Fsp3) is 0.833. The second-order valence-electron chi connectivity index (χ2n) is 4.68. The average molecular weight is 184 g/mol. The lowest BCUT2D eigenvalue weighted by Gasteiger charge is -2.33. The van der Waals surface area contributed by atoms with Gasteiger partial charge >= 0.3 is 0 Å². The molecule has 0 rings (SSSR count). The molecule has 0 aliphatic rings. The topological polar surface area (TPSA) is 0 Å². The maximum atomic E-state index is 2.30. The van der Waals surface area contributed by atoms with Crippen LogP contribution < -0.4 is 0 Å². The Morgan fingerprint density at radius 1 is 1.23 bits per heavy atom. The van der Waals surface area contributed by atoms with Gasteiger partial charge in [-0.15, -0.1) is 0 Å². The number of allylic oxidation sites excluding steroid dienone is 2. The SMILES string of the molecule is CC=CCCCC(CC)[N+](C)(C)C. The van der Waals surface area contributed by atoms with Crippen molar-refractivity contribution >= 4 is 0 Å². The molecule has 0 saturated heterocycles. The van der Waals surface area contributed by atoms with E-state index < -0.39 is 0 Å². The molecule has 0 bridgehead atoms. The first kappa shape index (κ1) is 12.7. The van der Waals surface area contributed by atoms with E-state index in [0.717, 1.165) is 10.5 Å². The van der Waals surface area contributed by atoms with Gasteiger partial charge in [-0.25, -0.2) is 0 Å². The van der Waals surface area contributed by atoms with Gasteiger partial charge in [-0.1, -0.05) is 19.1 Å². The fourth-order valence-electron chi connectivity index (χ4n) is 1.78. The summed E-state index contributed by atoms with van der Waals surface area (Å²) in [5.74, 6) is 0. The molecule has 1 heteroatoms. The van der Waals surface area contributed by atoms with Crippen molar-refractivity contribution < 1.29 is 4.48 Å². The van der Waals surface area contributed by atoms with Crippen LogP contribution in [0.1, 0.15) is 39.5 Å². The number of rotatable bonds is 6. The lowest BCUT2D eigenvalue weighted by atomic mass is 10.0. The summed E-state index contributed by atoms with van der Waals surface area (Å²) in [6, 6.07) is 0.824. The van der Waals surface area contributed by atoms with Crippen LogP contribution >= 0.6 is 0 Å². The van der Waals surface area contributed by atoms with Gasteiger partial charge < -0.3 is 4.48 Å². The zero-order valence-corrected chi connectivity index (χ0v) is 10.0. The molecule has 0 spiro atoms. The van der Waals surface area contributed by atoms with Crippen molar-refractivity contribution in [2.24, 2.45) is 0 Å². The Labute approximate surface area is 84.0 Å². The van der Waals surface area contributed by atoms with Gasteiger partial charge in [-0.05, 0) is 32.6 Å². The minimum absolute atomic E-state index is 0.824. The molecule has 0 aliphatic heterocycles. The zero-order chi connectivity index (χ0) is 10.3. The zero-order valence-electron chi connectivity index (χ0n) is 10.0. The molecule has 0 heterocycles. The highest BCUT2D eigenvalue weighted by atomic mass is 15.3. The Kier molecular flexibility index (Phi) is 6.06. The Hall–Kier alpha value is -0.300. The normalized spacial score (nSPS) is 15.2. The summed E-state index contributed by atoms with van der Waals surface area (Å²) in [7, 11) is 6.89. The van der Waals surface area contributed by atoms with Gasteiger partial charge in [0.1, 0.15) is 0 Å². The van der Waals surface area contributed by atoms with Crippen molar-refractivity contribution in [3.05, 3.63) is 12.2 Å². The van der Waals surface area contributed by atoms with E-state index in [1.165, 1.54) is 25.7 Å². The molecule has 0 aromatic carbocycles. The quantitative estimate of drug-likeness (QED) is 0.338. The molecule has 78 valence electrons. The summed E-state index contributed by atoms with van der Waals surface area (Å²) < 4.78 is 1.10. The number of hydrogen-bond acceptors (Lipinski definition) is 0. The molecule has 0 aliphatic carbocycles. The third-order valence-corrected chi connectivity index (χ3v) is 2.71. The summed E-state index contributed by atoms with van der Waals surface area (Å²) in [6.45, 7) is 4.39. The van der Waals surface area contributed by atoms with Crippen LogP contribution in [0.25, 0.3) is 0 Å². The van der Waals surface area contributed by atoms with Crippen molar-refractivity contribution in [3.8, 4) is 0 Å². The van der Waals surface area contributed by atoms with E-state index >= 15 is 0 Å². The van der Waals surface area contributed by atoms with Gasteiger partial charge in [0.2, 0.25) is 0 Å². The molecule has 1 nitrogen and oxygen atoms in total. The van der Waals surface area contributed by atoms with Gasteiger partial charge in [0.15, 0.2) is 0 Å². The van der Waals surface area contributed by atoms with E-state index in [4.69, 9.17) is 0 Å². The Morgan fingerprint density at radius 2 is 1.85 bits per heavy atom. The fourth-order valence-corrected chi connectivity index (χ4v) is 1.78. The smallest absolute Gasteiger partial charge is 0.0881 e. The van der Waals surface area contributed by atoms with Gasteiger partial charge in [0, 0.05) is 0 Å². The molecule has 0 aromatic heterocycles. The first-order chi connectivity index (χ1) is 6.02. The molecule has 0 N–H and O–H groups in total. The van der Waals surface area contributed by atoms with Crippen molar-refractivity contribution in [2.75, 3.05) is 21.1 Å². The van der Waals surface area contributed by atoms with E-state index in [9.17, 15) is 0 Å². The van der Waals surface area contributed by atoms with Crippen LogP contribution in [-0.4, -0.2) is 31.7 Å². The monoisotopic (exact) mass is 184 g/mol. The van der Waals surface area contributed by atoms with Gasteiger partial charge in [0.25, 0.3) is 0 Å². The molecule has 13 heavy (non-hydrogen) atoms. The number of hydrogen-bond donors (Lipinski definition) is 0. The van der Waals surface area contributed by atoms with Crippen LogP contribution in [0.5, 0.6) is 0 Å². The standard InChI is InChI=1S/C12H26N/c1-6-8-9-10-11-12(7-2)13(3,4)5/h6,8,12H,7,9-11H2,1-5H3/q+1. The molecule has 1 unspecified atom stereocenters. The largest absolute Gasteiger partial charge is 0.328 e. The molecule has 1 atom stereocenters. The average Bonchev–Trinajstić information content (AvgIpc) is 2.02. The summed E-state index contributed by atoms with van der Waals surface area (Å²) in [5, 5.41) is 0. The van der Waals surface area contributed by atoms with Crippen molar-refractivity contribution in [2.45, 2.75) is 45.6 Å². The van der Waals surface area contributed by atoms with Crippen LogP contribution in [0.4, 0.5) is 0 Å². The molecule has 0 fully saturated rings. The van der Waals surface area contributed by atoms with Gasteiger partial charge in [-0.3, -0.25) is 0 Å². The third kappa shape index (κ3) is 5.87. The third-order valence-electron chi connectivity index (χ3n) is 2.71. The van der Waals surface area contributed by atoms with Crippen LogP contribution in [0.3, 0.4) is 0 Å². The van der Waals surface area contributed by atoms with Crippen LogP contribution in [0.2, 0.25) is 0 Å². The molecule has 0 radical (unpaired) electrons. The first-order valence-corrected chi connectivity index (χ1v) is 5.44. The number of quaternary nitrogens is 1. The minimum Gasteiger partial charge on any atom is -0.328 e. The Morgan fingerprint density at radius 3 is 2.23 bits per heavy atom. The summed E-state index contributed by atoms with van der Waals surface area (Å²) in [5.41, 5.74) is 0. The van der Waals surface area contributed by atoms with Crippen molar-refractivity contribution in [1.29, 1.82) is 0 Å². The number of nitrogens with zero attached hydrogens (tertiary/aromatic N) is 1. The van der Waals surface area contributed by atoms with E-state index in [2.05, 4.69) is 47.1 Å². The highest BCUT2D eigenvalue weighted by molar-refractivity contribution is 4.76. The van der Waals surface area contributed by atoms with Gasteiger partial charge in [0.05, 0.1) is 27.2 Å². The van der Waals surface area contributed by atoms with E-state index in [1.54, 1.807) is 0 Å². The lowest BCUT2D eigenvalue weighted by Crippen LogP contribution is -2.44. The maximum Gasteiger partial charge on any atom is 0.0881 e. The Balaban J connectivity index is 3.73. The summed E-state index contributed by atoms with van der Waals surface area (Å²) in [4.78, 5) is 0. The molecule has 0 amide bonds. The van der Waals surface area contributed by atoms with Crippen LogP contribution in [-0.2, 0) is 0 Å². The lowest BCUT2D eigenvalue weighted by molar-refractivity contribution is -0.896. The number of unbranched alkanes of at least 4 members (excludes halogenated alkanes) is 1. The maximum absolute atomic E-state index is 2.30. The first-order valence-electron chi connectivity index (χ1n) is 5.44. The minimum atomic E-state index is 0.824. The van der Waals surface area contributed by atoms with Crippen molar-refractivity contribution in [3.63, 3.8) is 0 Å². The Bertz CT molecular complexity index is 142. The second-order valence-corrected chi connectivity index (χ2v) is 4.68. The molecule has 0 saturated carbocycles. The predicted octanol–water partition coefficient (Wildman–Crippen LogP) is 3.22. The summed E-state index contributed by atoms with van der Waals surface area (Å²) in [6.07, 6.45) is 9.63. The van der Waals surface area contributed by atoms with E-state index in [-0.39, 0.29) is 0 Å². The molecular weight excluding hydrogens is 158 g/mol. The highest BCUT2D eigenvalue weighted by Crippen LogP contribution is 2.14. The molecule has 0 aromatic rings. The van der Waals surface area contributed by atoms with E-state index in [1.807, 2.05) is 0 Å². The summed E-state index contributed by atoms with van der Waals surface area (Å²) >= 11 is 0. The van der Waals surface area contributed by atoms with Crippen LogP contribution in [0, 0.1) is 0 Å². The molecular formula is C12H26N+. The van der Waals surface area contributed by atoms with Crippen LogP contribution in [0.15, 0.2) is 12.2 Å².